The number of rotatable bonds is 26. The lowest BCUT2D eigenvalue weighted by molar-refractivity contribution is -0.111. The lowest BCUT2D eigenvalue weighted by atomic mass is 9.54. The van der Waals surface area contributed by atoms with Crippen LogP contribution in [0.25, 0.3) is 0 Å². The van der Waals surface area contributed by atoms with Gasteiger partial charge >= 0.3 is 6.16 Å². The average Bonchev–Trinajstić information content (AvgIpc) is 3.56. The molecule has 0 radical (unpaired) electrons. The van der Waals surface area contributed by atoms with Crippen molar-refractivity contribution in [2.45, 2.75) is 77.0 Å². The van der Waals surface area contributed by atoms with Gasteiger partial charge in [-0.15, -0.1) is 170 Å². The first kappa shape index (κ1) is 76.6. The van der Waals surface area contributed by atoms with Gasteiger partial charge in [-0.05, 0) is 111 Å². The summed E-state index contributed by atoms with van der Waals surface area (Å²) < 4.78 is 44.2. The van der Waals surface area contributed by atoms with Gasteiger partial charge in [0.15, 0.2) is 11.7 Å². The standard InChI is InChI=1S/C21H71O7P39/c1-10(7-6-8-23-51(55(30)31)56(32)33)21-12(3)16(27-52(57(34)35)64(48)59(38)39)17(28-53(58(36)37)66(50-29)61(42)43)15-11(2)14(9-13(20(15,4)5)18(21)24-19(22)25-21)26-54(65(49)60(40)41)67(62(44)45)63(46)47/h12-14,16-18,50H,1,6-9,29-49H2,2-5H3/t12-,13?,14+,16-,17-,18-,21+,52?,53?,54?,64?,65?,66?/m1/s1. The Labute approximate surface area is 473 Å². The van der Waals surface area contributed by atoms with Crippen molar-refractivity contribution >= 4 is 323 Å². The number of hydrogen-bond donors (Lipinski definition) is 0. The number of carbonyl (C=O) groups excluding carboxylic acids is 1. The highest BCUT2D eigenvalue weighted by molar-refractivity contribution is 9.19. The second kappa shape index (κ2) is 36.9. The first-order chi connectivity index (χ1) is 30.9. The van der Waals surface area contributed by atoms with E-state index in [1.807, 2.05) is 0 Å². The molecule has 3 aliphatic rings. The Balaban J connectivity index is 2.55. The van der Waals surface area contributed by atoms with E-state index >= 15 is 0 Å². The molecule has 1 saturated carbocycles. The van der Waals surface area contributed by atoms with Gasteiger partial charge in [-0.3, -0.25) is 0 Å². The summed E-state index contributed by atoms with van der Waals surface area (Å²) >= 11 is 0. The quantitative estimate of drug-likeness (QED) is 0.0370. The van der Waals surface area contributed by atoms with E-state index in [-0.39, 0.29) is 31.9 Å². The summed E-state index contributed by atoms with van der Waals surface area (Å²) in [5.41, 5.74) is 1.68. The molecule has 0 aromatic heterocycles. The summed E-state index contributed by atoms with van der Waals surface area (Å²) in [5.74, 6) is -0.532. The number of carbonyl (C=O) groups is 1. The van der Waals surface area contributed by atoms with Crippen LogP contribution in [0.2, 0.25) is 0 Å². The van der Waals surface area contributed by atoms with Crippen molar-refractivity contribution in [3.63, 3.8) is 0 Å². The predicted molar refractivity (Wildman–Crippen MR) is 427 cm³/mol. The van der Waals surface area contributed by atoms with Crippen molar-refractivity contribution in [2.75, 3.05) is 6.61 Å². The van der Waals surface area contributed by atoms with Gasteiger partial charge in [0.1, 0.15) is 6.10 Å². The predicted octanol–water partition coefficient (Wildman–Crippen LogP) is 25.7. The summed E-state index contributed by atoms with van der Waals surface area (Å²) in [5, 5.41) is 0. The molecule has 0 aromatic rings. The second-order valence-electron chi connectivity index (χ2n) is 15.1. The van der Waals surface area contributed by atoms with Crippen molar-refractivity contribution in [1.29, 1.82) is 0 Å². The zero-order valence-corrected chi connectivity index (χ0v) is 77.5. The van der Waals surface area contributed by atoms with Gasteiger partial charge in [0.2, 0.25) is 0 Å². The van der Waals surface area contributed by atoms with Gasteiger partial charge in [-0.25, -0.2) is 4.79 Å². The molecule has 2 aliphatic carbocycles. The fraction of sp³-hybridized carbons (Fsp3) is 0.762. The molecule has 3 rings (SSSR count). The Hall–Kier alpha value is 15.4. The minimum atomic E-state index is -1.20. The molecule has 7 nitrogen and oxygen atoms in total. The summed E-state index contributed by atoms with van der Waals surface area (Å²) in [4.78, 5) is 14.3. The van der Waals surface area contributed by atoms with Crippen LogP contribution in [0.5, 0.6) is 0 Å². The molecule has 46 heteroatoms. The Morgan fingerprint density at radius 1 is 0.701 bits per heavy atom. The fourth-order valence-corrected chi connectivity index (χ4v) is 247. The number of ether oxygens (including phenoxy) is 2. The Kier molecular flexibility index (Phi) is 42.2. The Morgan fingerprint density at radius 3 is 1.66 bits per heavy atom. The van der Waals surface area contributed by atoms with Gasteiger partial charge in [0, 0.05) is 39.8 Å². The van der Waals surface area contributed by atoms with Gasteiger partial charge < -0.3 is 27.6 Å². The highest BCUT2D eigenvalue weighted by Crippen LogP contribution is 3.18. The highest BCUT2D eigenvalue weighted by Gasteiger charge is 2.68. The number of hydrogen-bond acceptors (Lipinski definition) is 7. The molecular weight excluding hydrogens is 1570 g/mol. The zero-order chi connectivity index (χ0) is 51.4. The molecule has 67 heavy (non-hydrogen) atoms. The Morgan fingerprint density at radius 2 is 1.21 bits per heavy atom. The molecule has 2 fully saturated rings. The van der Waals surface area contributed by atoms with E-state index in [0.717, 1.165) is 12.0 Å². The molecule has 0 N–H and O–H groups in total. The summed E-state index contributed by atoms with van der Waals surface area (Å²) in [6.07, 6.45) is -0.338. The van der Waals surface area contributed by atoms with Crippen LogP contribution >= 0.6 is 316 Å². The summed E-state index contributed by atoms with van der Waals surface area (Å²) in [6.45, 7) is 8.56. The topological polar surface area (TPSA) is 72.5 Å². The van der Waals surface area contributed by atoms with Crippen molar-refractivity contribution in [3.05, 3.63) is 23.3 Å². The lowest BCUT2D eigenvalue weighted by Crippen LogP contribution is -2.63. The molecule has 392 valence electrons. The van der Waals surface area contributed by atoms with Crippen LogP contribution in [0.4, 0.5) is 4.79 Å². The zero-order valence-electron chi connectivity index (χ0n) is 37.1. The normalized spacial score (nSPS) is 28.7. The van der Waals surface area contributed by atoms with Gasteiger partial charge in [-0.1, -0.05) is 53.2 Å². The monoisotopic (exact) mass is 1640 g/mol. The minimum Gasteiger partial charge on any atom is -0.426 e. The largest absolute Gasteiger partial charge is 0.509 e. The van der Waals surface area contributed by atoms with Crippen LogP contribution in [0.1, 0.15) is 47.0 Å². The van der Waals surface area contributed by atoms with Crippen LogP contribution in [0.15, 0.2) is 23.3 Å². The van der Waals surface area contributed by atoms with Crippen LogP contribution in [-0.4, -0.2) is 42.8 Å². The maximum absolute atomic E-state index is 14.3. The fourth-order valence-electron chi connectivity index (χ4n) is 7.93. The molecule has 2 bridgehead atoms. The maximum Gasteiger partial charge on any atom is 0.509 e. The summed E-state index contributed by atoms with van der Waals surface area (Å²) in [6, 6.07) is 0. The SMILES string of the molecule is C=C(CCCOP(P(P)P)P(P)P)[C@@]12OC(=O)O[C@@H]1C1C[C@H](OP(P(P)P(P)P)P(P(P)P)P(P)P)C(C)=C([C@@H](OP(P(P)P)P(PP)P(P)P)[C@H](OP(P(P)P)P(P)P(P)P)[C@H]2C)C1(C)C. The molecule has 1 heterocycles. The van der Waals surface area contributed by atoms with Crippen molar-refractivity contribution in [1.82, 2.24) is 0 Å². The van der Waals surface area contributed by atoms with Gasteiger partial charge in [0.05, 0.1) is 48.9 Å². The maximum atomic E-state index is 14.3. The molecule has 1 saturated heterocycles. The third kappa shape index (κ3) is 21.2. The van der Waals surface area contributed by atoms with E-state index in [1.165, 1.54) is 11.1 Å². The lowest BCUT2D eigenvalue weighted by Gasteiger charge is -2.57. The molecule has 0 amide bonds. The van der Waals surface area contributed by atoms with E-state index in [9.17, 15) is 4.79 Å². The number of fused-ring (bicyclic) bond motifs is 4. The second-order valence-corrected chi connectivity index (χ2v) is 154. The first-order valence-electron chi connectivity index (χ1n) is 18.8. The molecule has 29 unspecified atom stereocenters. The van der Waals surface area contributed by atoms with E-state index in [4.69, 9.17) is 34.1 Å². The average molecular weight is 1640 g/mol. The van der Waals surface area contributed by atoms with Crippen LogP contribution < -0.4 is 0 Å². The van der Waals surface area contributed by atoms with Crippen LogP contribution in [-0.2, 0) is 27.6 Å². The third-order valence-electron chi connectivity index (χ3n) is 10.7. The van der Waals surface area contributed by atoms with E-state index in [2.05, 4.69) is 215 Å². The van der Waals surface area contributed by atoms with Crippen molar-refractivity contribution in [2.24, 2.45) is 17.3 Å². The smallest absolute Gasteiger partial charge is 0.426 e. The molecule has 0 spiro atoms. The minimum absolute atomic E-state index is 0.166. The molecular formula is C21H71O7P39. The van der Waals surface area contributed by atoms with Gasteiger partial charge in [-0.2, -0.15) is 0 Å². The van der Waals surface area contributed by atoms with Crippen LogP contribution in [0.3, 0.4) is 0 Å². The Bertz CT molecular complexity index is 1610. The van der Waals surface area contributed by atoms with E-state index in [1.54, 1.807) is 0 Å². The van der Waals surface area contributed by atoms with E-state index in [0.29, 0.717) is 27.4 Å². The molecule has 1 aliphatic heterocycles. The molecule has 35 atom stereocenters. The van der Waals surface area contributed by atoms with Gasteiger partial charge in [0.25, 0.3) is 0 Å². The third-order valence-corrected chi connectivity index (χ3v) is 191. The van der Waals surface area contributed by atoms with E-state index < -0.39 is 142 Å². The van der Waals surface area contributed by atoms with Crippen molar-refractivity contribution in [3.8, 4) is 0 Å². The van der Waals surface area contributed by atoms with Crippen molar-refractivity contribution < 1.29 is 32.4 Å². The molecule has 0 aromatic carbocycles. The van der Waals surface area contributed by atoms with Crippen LogP contribution in [0, 0.1) is 17.3 Å². The summed E-state index contributed by atoms with van der Waals surface area (Å²) in [7, 11) is 62.9. The first-order valence-corrected chi connectivity index (χ1v) is 86.5. The highest BCUT2D eigenvalue weighted by atomic mass is 33.2.